The van der Waals surface area contributed by atoms with E-state index in [4.69, 9.17) is 4.74 Å². The molecule has 0 aromatic heterocycles. The summed E-state index contributed by atoms with van der Waals surface area (Å²) < 4.78 is 5.47. The molecule has 1 atom stereocenters. The zero-order valence-electron chi connectivity index (χ0n) is 12.7. The van der Waals surface area contributed by atoms with Crippen LogP contribution in [-0.2, 0) is 0 Å². The Kier molecular flexibility index (Phi) is 4.01. The van der Waals surface area contributed by atoms with Crippen molar-refractivity contribution in [2.75, 3.05) is 33.8 Å². The SMILES string of the molecule is COc1ccccc1C1CN(C(=O)NC2CC2)CCN1C. The van der Waals surface area contributed by atoms with E-state index in [-0.39, 0.29) is 12.1 Å². The van der Waals surface area contributed by atoms with Gasteiger partial charge in [-0.2, -0.15) is 0 Å². The van der Waals surface area contributed by atoms with Gasteiger partial charge in [-0.3, -0.25) is 4.90 Å². The quantitative estimate of drug-likeness (QED) is 0.923. The van der Waals surface area contributed by atoms with Crippen molar-refractivity contribution in [3.63, 3.8) is 0 Å². The molecule has 2 aliphatic rings. The van der Waals surface area contributed by atoms with E-state index in [9.17, 15) is 4.79 Å². The number of piperazine rings is 1. The number of likely N-dealkylation sites (N-methyl/N-ethyl adjacent to an activating group) is 1. The van der Waals surface area contributed by atoms with Gasteiger partial charge in [-0.25, -0.2) is 4.79 Å². The van der Waals surface area contributed by atoms with E-state index >= 15 is 0 Å². The van der Waals surface area contributed by atoms with E-state index < -0.39 is 0 Å². The number of carbonyl (C=O) groups excluding carboxylic acids is 1. The Balaban J connectivity index is 1.74. The monoisotopic (exact) mass is 289 g/mol. The van der Waals surface area contributed by atoms with Crippen molar-refractivity contribution in [1.82, 2.24) is 15.1 Å². The van der Waals surface area contributed by atoms with Gasteiger partial charge < -0.3 is 15.0 Å². The lowest BCUT2D eigenvalue weighted by Gasteiger charge is -2.40. The Hall–Kier alpha value is -1.75. The standard InChI is InChI=1S/C16H23N3O2/c1-18-9-10-19(16(20)17-12-7-8-12)11-14(18)13-5-3-4-6-15(13)21-2/h3-6,12,14H,7-11H2,1-2H3,(H,17,20). The molecule has 1 aromatic rings. The Labute approximate surface area is 125 Å². The molecule has 0 spiro atoms. The van der Waals surface area contributed by atoms with Crippen molar-refractivity contribution < 1.29 is 9.53 Å². The van der Waals surface area contributed by atoms with E-state index in [2.05, 4.69) is 23.3 Å². The van der Waals surface area contributed by atoms with E-state index in [0.717, 1.165) is 37.2 Å². The average molecular weight is 289 g/mol. The van der Waals surface area contributed by atoms with Gasteiger partial charge in [-0.05, 0) is 26.0 Å². The van der Waals surface area contributed by atoms with Gasteiger partial charge in [0.1, 0.15) is 5.75 Å². The van der Waals surface area contributed by atoms with Crippen molar-refractivity contribution in [3.8, 4) is 5.75 Å². The first-order valence-corrected chi connectivity index (χ1v) is 7.57. The maximum Gasteiger partial charge on any atom is 0.317 e. The number of ether oxygens (including phenoxy) is 1. The molecule has 1 aromatic carbocycles. The van der Waals surface area contributed by atoms with E-state index in [0.29, 0.717) is 12.6 Å². The topological polar surface area (TPSA) is 44.8 Å². The number of para-hydroxylation sites is 1. The van der Waals surface area contributed by atoms with Crippen LogP contribution in [0.3, 0.4) is 0 Å². The molecule has 5 nitrogen and oxygen atoms in total. The number of nitrogens with zero attached hydrogens (tertiary/aromatic N) is 2. The van der Waals surface area contributed by atoms with Crippen LogP contribution in [-0.4, -0.2) is 55.7 Å². The second-order valence-corrected chi connectivity index (χ2v) is 5.91. The lowest BCUT2D eigenvalue weighted by atomic mass is 10.0. The fourth-order valence-electron chi connectivity index (χ4n) is 2.83. The Morgan fingerprint density at radius 1 is 1.29 bits per heavy atom. The lowest BCUT2D eigenvalue weighted by molar-refractivity contribution is 0.108. The first kappa shape index (κ1) is 14.2. The third-order valence-electron chi connectivity index (χ3n) is 4.34. The normalized spacial score (nSPS) is 23.0. The van der Waals surface area contributed by atoms with Gasteiger partial charge >= 0.3 is 6.03 Å². The molecule has 0 radical (unpaired) electrons. The van der Waals surface area contributed by atoms with Crippen LogP contribution in [0.2, 0.25) is 0 Å². The second kappa shape index (κ2) is 5.93. The fraction of sp³-hybridized carbons (Fsp3) is 0.562. The molecule has 114 valence electrons. The Morgan fingerprint density at radius 2 is 2.05 bits per heavy atom. The number of methoxy groups -OCH3 is 1. The molecule has 1 aliphatic heterocycles. The smallest absolute Gasteiger partial charge is 0.317 e. The van der Waals surface area contributed by atoms with Crippen LogP contribution in [0.15, 0.2) is 24.3 Å². The molecule has 21 heavy (non-hydrogen) atoms. The van der Waals surface area contributed by atoms with Gasteiger partial charge in [0, 0.05) is 31.2 Å². The highest BCUT2D eigenvalue weighted by Crippen LogP contribution is 2.31. The molecule has 1 saturated heterocycles. The van der Waals surface area contributed by atoms with Crippen molar-refractivity contribution in [1.29, 1.82) is 0 Å². The zero-order chi connectivity index (χ0) is 14.8. The minimum Gasteiger partial charge on any atom is -0.496 e. The highest BCUT2D eigenvalue weighted by atomic mass is 16.5. The second-order valence-electron chi connectivity index (χ2n) is 5.91. The molecule has 5 heteroatoms. The largest absolute Gasteiger partial charge is 0.496 e. The highest BCUT2D eigenvalue weighted by molar-refractivity contribution is 5.75. The van der Waals surface area contributed by atoms with Crippen molar-refractivity contribution in [2.45, 2.75) is 24.9 Å². The van der Waals surface area contributed by atoms with Gasteiger partial charge in [-0.1, -0.05) is 18.2 Å². The van der Waals surface area contributed by atoms with Crippen LogP contribution in [0.5, 0.6) is 5.75 Å². The van der Waals surface area contributed by atoms with Crippen molar-refractivity contribution in [2.24, 2.45) is 0 Å². The molecule has 2 fully saturated rings. The van der Waals surface area contributed by atoms with Gasteiger partial charge in [0.15, 0.2) is 0 Å². The number of urea groups is 1. The third-order valence-corrected chi connectivity index (χ3v) is 4.34. The number of amides is 2. The Bertz CT molecular complexity index is 516. The number of hydrogen-bond acceptors (Lipinski definition) is 3. The molecule has 1 saturated carbocycles. The highest BCUT2D eigenvalue weighted by Gasteiger charge is 2.32. The molecule has 1 heterocycles. The molecule has 2 amide bonds. The summed E-state index contributed by atoms with van der Waals surface area (Å²) in [5, 5.41) is 3.08. The van der Waals surface area contributed by atoms with Crippen LogP contribution >= 0.6 is 0 Å². The molecule has 1 N–H and O–H groups in total. The van der Waals surface area contributed by atoms with Gasteiger partial charge in [0.2, 0.25) is 0 Å². The minimum absolute atomic E-state index is 0.0745. The first-order valence-electron chi connectivity index (χ1n) is 7.57. The van der Waals surface area contributed by atoms with Crippen LogP contribution in [0.1, 0.15) is 24.4 Å². The number of rotatable bonds is 3. The van der Waals surface area contributed by atoms with E-state index in [1.54, 1.807) is 7.11 Å². The van der Waals surface area contributed by atoms with E-state index in [1.165, 1.54) is 0 Å². The maximum absolute atomic E-state index is 12.3. The summed E-state index contributed by atoms with van der Waals surface area (Å²) in [5.41, 5.74) is 1.14. The summed E-state index contributed by atoms with van der Waals surface area (Å²) in [6.07, 6.45) is 2.24. The lowest BCUT2D eigenvalue weighted by Crippen LogP contribution is -2.52. The predicted molar refractivity (Wildman–Crippen MR) is 81.5 cm³/mol. The third kappa shape index (κ3) is 3.13. The van der Waals surface area contributed by atoms with Crippen LogP contribution in [0, 0.1) is 0 Å². The molecule has 1 unspecified atom stereocenters. The summed E-state index contributed by atoms with van der Waals surface area (Å²) in [5.74, 6) is 0.888. The molecular formula is C16H23N3O2. The Morgan fingerprint density at radius 3 is 2.76 bits per heavy atom. The van der Waals surface area contributed by atoms with Gasteiger partial charge in [0.05, 0.1) is 13.2 Å². The van der Waals surface area contributed by atoms with Gasteiger partial charge in [0.25, 0.3) is 0 Å². The number of carbonyl (C=O) groups is 1. The average Bonchev–Trinajstić information content (AvgIpc) is 3.31. The van der Waals surface area contributed by atoms with Crippen LogP contribution in [0.25, 0.3) is 0 Å². The summed E-state index contributed by atoms with van der Waals surface area (Å²) >= 11 is 0. The number of benzene rings is 1. The summed E-state index contributed by atoms with van der Waals surface area (Å²) in [4.78, 5) is 16.5. The summed E-state index contributed by atoms with van der Waals surface area (Å²) in [7, 11) is 3.80. The minimum atomic E-state index is 0.0745. The predicted octanol–water partition coefficient (Wildman–Crippen LogP) is 1.86. The van der Waals surface area contributed by atoms with Crippen LogP contribution < -0.4 is 10.1 Å². The summed E-state index contributed by atoms with van der Waals surface area (Å²) in [6.45, 7) is 2.36. The van der Waals surface area contributed by atoms with E-state index in [1.807, 2.05) is 23.1 Å². The zero-order valence-corrected chi connectivity index (χ0v) is 12.7. The molecular weight excluding hydrogens is 266 g/mol. The first-order chi connectivity index (χ1) is 10.2. The molecule has 0 bridgehead atoms. The van der Waals surface area contributed by atoms with Gasteiger partial charge in [-0.15, -0.1) is 0 Å². The maximum atomic E-state index is 12.3. The number of hydrogen-bond donors (Lipinski definition) is 1. The van der Waals surface area contributed by atoms with Crippen molar-refractivity contribution >= 4 is 6.03 Å². The fourth-order valence-corrected chi connectivity index (χ4v) is 2.83. The number of nitrogens with one attached hydrogen (secondary N) is 1. The molecule has 1 aliphatic carbocycles. The summed E-state index contributed by atoms with van der Waals surface area (Å²) in [6, 6.07) is 8.72. The van der Waals surface area contributed by atoms with Crippen LogP contribution in [0.4, 0.5) is 4.79 Å². The molecule has 3 rings (SSSR count). The van der Waals surface area contributed by atoms with Crippen molar-refractivity contribution in [3.05, 3.63) is 29.8 Å².